The van der Waals surface area contributed by atoms with Gasteiger partial charge in [0, 0.05) is 22.4 Å². The zero-order valence-corrected chi connectivity index (χ0v) is 11.5. The fraction of sp³-hybridized carbons (Fsp3) is 0.182. The molecule has 100 valence electrons. The van der Waals surface area contributed by atoms with Crippen molar-refractivity contribution in [3.63, 3.8) is 0 Å². The fourth-order valence-electron chi connectivity index (χ4n) is 1.33. The molecule has 0 saturated heterocycles. The van der Waals surface area contributed by atoms with Gasteiger partial charge in [-0.2, -0.15) is 5.10 Å². The Kier molecular flexibility index (Phi) is 4.34. The van der Waals surface area contributed by atoms with Gasteiger partial charge in [0.15, 0.2) is 5.03 Å². The Hall–Kier alpha value is -1.66. The van der Waals surface area contributed by atoms with Gasteiger partial charge in [-0.15, -0.1) is 11.3 Å². The average molecular weight is 296 g/mol. The Morgan fingerprint density at radius 2 is 2.37 bits per heavy atom. The third-order valence-corrected chi connectivity index (χ3v) is 4.46. The molecule has 2 rings (SSSR count). The molecule has 0 fully saturated rings. The monoisotopic (exact) mass is 296 g/mol. The number of aromatic amines is 1. The Bertz CT molecular complexity index is 693. The molecule has 2 aromatic rings. The summed E-state index contributed by atoms with van der Waals surface area (Å²) in [4.78, 5) is 0.879. The summed E-state index contributed by atoms with van der Waals surface area (Å²) in [5, 5.41) is 7.94. The molecule has 0 aromatic carbocycles. The van der Waals surface area contributed by atoms with E-state index in [4.69, 9.17) is 5.73 Å². The van der Waals surface area contributed by atoms with Crippen LogP contribution < -0.4 is 10.5 Å². The summed E-state index contributed by atoms with van der Waals surface area (Å²) in [6, 6.07) is 3.23. The number of nitrogens with zero attached hydrogens (tertiary/aromatic N) is 1. The summed E-state index contributed by atoms with van der Waals surface area (Å²) in [7, 11) is -3.54. The van der Waals surface area contributed by atoms with Crippen molar-refractivity contribution in [3.8, 4) is 11.8 Å². The number of nitrogens with one attached hydrogen (secondary N) is 2. The van der Waals surface area contributed by atoms with Crippen molar-refractivity contribution in [3.05, 3.63) is 34.2 Å². The molecule has 0 bridgehead atoms. The topological polar surface area (TPSA) is 101 Å². The molecule has 0 aliphatic rings. The molecule has 8 heteroatoms. The van der Waals surface area contributed by atoms with E-state index < -0.39 is 10.0 Å². The maximum atomic E-state index is 11.8. The third-order valence-electron chi connectivity index (χ3n) is 2.19. The molecule has 4 N–H and O–H groups in total. The van der Waals surface area contributed by atoms with Crippen LogP contribution in [-0.4, -0.2) is 25.2 Å². The first kappa shape index (κ1) is 13.8. The highest BCUT2D eigenvalue weighted by atomic mass is 32.2. The first-order chi connectivity index (χ1) is 9.12. The molecule has 0 aliphatic carbocycles. The van der Waals surface area contributed by atoms with Crippen LogP contribution in [0.15, 0.2) is 28.7 Å². The van der Waals surface area contributed by atoms with Crippen molar-refractivity contribution in [1.82, 2.24) is 14.9 Å². The second kappa shape index (κ2) is 5.99. The van der Waals surface area contributed by atoms with E-state index in [9.17, 15) is 8.42 Å². The van der Waals surface area contributed by atoms with Gasteiger partial charge in [0.05, 0.1) is 12.7 Å². The number of H-pyrrole nitrogens is 1. The molecule has 0 unspecified atom stereocenters. The zero-order valence-electron chi connectivity index (χ0n) is 9.88. The van der Waals surface area contributed by atoms with Gasteiger partial charge in [0.1, 0.15) is 0 Å². The van der Waals surface area contributed by atoms with Crippen LogP contribution >= 0.6 is 11.3 Å². The van der Waals surface area contributed by atoms with E-state index in [-0.39, 0.29) is 11.6 Å². The predicted octanol–water partition coefficient (Wildman–Crippen LogP) is 0.260. The second-order valence-corrected chi connectivity index (χ2v) is 6.28. The predicted molar refractivity (Wildman–Crippen MR) is 72.9 cm³/mol. The molecule has 0 saturated carbocycles. The molecule has 0 amide bonds. The molecular formula is C11H12N4O2S2. The van der Waals surface area contributed by atoms with E-state index in [0.717, 1.165) is 10.4 Å². The highest BCUT2D eigenvalue weighted by molar-refractivity contribution is 7.89. The van der Waals surface area contributed by atoms with Crippen molar-refractivity contribution >= 4 is 21.4 Å². The minimum absolute atomic E-state index is 0.0483. The molecule has 2 heterocycles. The lowest BCUT2D eigenvalue weighted by Crippen LogP contribution is -2.23. The maximum Gasteiger partial charge on any atom is 0.257 e. The number of thiophene rings is 1. The average Bonchev–Trinajstić information content (AvgIpc) is 3.05. The van der Waals surface area contributed by atoms with E-state index >= 15 is 0 Å². The lowest BCUT2D eigenvalue weighted by Gasteiger charge is -2.02. The Labute approximate surface area is 115 Å². The number of sulfonamides is 1. The summed E-state index contributed by atoms with van der Waals surface area (Å²) < 4.78 is 26.1. The van der Waals surface area contributed by atoms with E-state index in [1.54, 1.807) is 0 Å². The molecule has 2 aromatic heterocycles. The fourth-order valence-corrected chi connectivity index (χ4v) is 3.09. The van der Waals surface area contributed by atoms with Gasteiger partial charge in [-0.1, -0.05) is 11.8 Å². The molecule has 6 nitrogen and oxygen atoms in total. The molecule has 0 spiro atoms. The minimum atomic E-state index is -3.54. The summed E-state index contributed by atoms with van der Waals surface area (Å²) in [6.07, 6.45) is 1.39. The summed E-state index contributed by atoms with van der Waals surface area (Å²) in [6.45, 7) is 0.522. The number of hydrogen-bond acceptors (Lipinski definition) is 5. The van der Waals surface area contributed by atoms with Gasteiger partial charge in [-0.25, -0.2) is 13.1 Å². The Morgan fingerprint density at radius 1 is 1.53 bits per heavy atom. The SMILES string of the molecule is NCC#Cc1csc(CNS(=O)(=O)c2ccn[nH]2)c1. The smallest absolute Gasteiger partial charge is 0.257 e. The van der Waals surface area contributed by atoms with E-state index in [1.165, 1.54) is 23.6 Å². The van der Waals surface area contributed by atoms with Gasteiger partial charge in [0.25, 0.3) is 10.0 Å². The summed E-state index contributed by atoms with van der Waals surface area (Å²) in [5.74, 6) is 5.64. The lowest BCUT2D eigenvalue weighted by atomic mass is 10.3. The normalized spacial score (nSPS) is 11.0. The van der Waals surface area contributed by atoms with E-state index in [1.807, 2.05) is 11.4 Å². The summed E-state index contributed by atoms with van der Waals surface area (Å²) >= 11 is 1.44. The molecular weight excluding hydrogens is 284 g/mol. The highest BCUT2D eigenvalue weighted by Gasteiger charge is 2.15. The number of hydrogen-bond donors (Lipinski definition) is 3. The van der Waals surface area contributed by atoms with Crippen LogP contribution in [0.3, 0.4) is 0 Å². The van der Waals surface area contributed by atoms with Crippen LogP contribution in [0.2, 0.25) is 0 Å². The van der Waals surface area contributed by atoms with Crippen LogP contribution in [0, 0.1) is 11.8 Å². The lowest BCUT2D eigenvalue weighted by molar-refractivity contribution is 0.577. The van der Waals surface area contributed by atoms with Gasteiger partial charge in [-0.05, 0) is 12.1 Å². The zero-order chi connectivity index (χ0) is 13.7. The largest absolute Gasteiger partial charge is 0.320 e. The van der Waals surface area contributed by atoms with Gasteiger partial charge < -0.3 is 5.73 Å². The van der Waals surface area contributed by atoms with Gasteiger partial charge in [0.2, 0.25) is 0 Å². The quantitative estimate of drug-likeness (QED) is 0.704. The highest BCUT2D eigenvalue weighted by Crippen LogP contribution is 2.14. The van der Waals surface area contributed by atoms with E-state index in [0.29, 0.717) is 6.54 Å². The van der Waals surface area contributed by atoms with Crippen molar-refractivity contribution < 1.29 is 8.42 Å². The first-order valence-electron chi connectivity index (χ1n) is 5.37. The Balaban J connectivity index is 2.01. The first-order valence-corrected chi connectivity index (χ1v) is 7.73. The van der Waals surface area contributed by atoms with Crippen molar-refractivity contribution in [2.24, 2.45) is 5.73 Å². The van der Waals surface area contributed by atoms with Crippen LogP contribution in [0.5, 0.6) is 0 Å². The van der Waals surface area contributed by atoms with Crippen LogP contribution in [0.4, 0.5) is 0 Å². The standard InChI is InChI=1S/C11H12N4O2S2/c12-4-1-2-9-6-10(18-8-9)7-14-19(16,17)11-3-5-13-15-11/h3,5-6,8,14H,4,7,12H2,(H,13,15). The Morgan fingerprint density at radius 3 is 3.05 bits per heavy atom. The van der Waals surface area contributed by atoms with Crippen molar-refractivity contribution in [2.45, 2.75) is 11.6 Å². The summed E-state index contributed by atoms with van der Waals surface area (Å²) in [5.41, 5.74) is 6.12. The molecule has 19 heavy (non-hydrogen) atoms. The van der Waals surface area contributed by atoms with Gasteiger partial charge >= 0.3 is 0 Å². The molecule has 0 aliphatic heterocycles. The maximum absolute atomic E-state index is 11.8. The van der Waals surface area contributed by atoms with Crippen LogP contribution in [0.1, 0.15) is 10.4 Å². The van der Waals surface area contributed by atoms with Crippen LogP contribution in [-0.2, 0) is 16.6 Å². The number of aromatic nitrogens is 2. The van der Waals surface area contributed by atoms with Crippen molar-refractivity contribution in [2.75, 3.05) is 6.54 Å². The number of rotatable bonds is 4. The van der Waals surface area contributed by atoms with Gasteiger partial charge in [-0.3, -0.25) is 5.10 Å². The third kappa shape index (κ3) is 3.65. The minimum Gasteiger partial charge on any atom is -0.320 e. The molecule has 0 atom stereocenters. The van der Waals surface area contributed by atoms with E-state index in [2.05, 4.69) is 26.8 Å². The number of nitrogens with two attached hydrogens (primary N) is 1. The second-order valence-electron chi connectivity index (χ2n) is 3.55. The molecule has 0 radical (unpaired) electrons. The van der Waals surface area contributed by atoms with Crippen molar-refractivity contribution in [1.29, 1.82) is 0 Å². The van der Waals surface area contributed by atoms with Crippen LogP contribution in [0.25, 0.3) is 0 Å².